The van der Waals surface area contributed by atoms with Gasteiger partial charge in [0.25, 0.3) is 0 Å². The highest BCUT2D eigenvalue weighted by atomic mass is 32.1. The summed E-state index contributed by atoms with van der Waals surface area (Å²) in [5, 5.41) is 2.17. The number of thiophene rings is 1. The van der Waals surface area contributed by atoms with Gasteiger partial charge >= 0.3 is 0 Å². The zero-order chi connectivity index (χ0) is 13.0. The van der Waals surface area contributed by atoms with Crippen LogP contribution in [0.25, 0.3) is 0 Å². The van der Waals surface area contributed by atoms with Crippen molar-refractivity contribution in [2.24, 2.45) is 17.8 Å². The molecule has 102 valence electrons. The SMILES string of the molecule is CC1c2ccsc2CCN1C(=O)C1CC2CCC1C2. The number of fused-ring (bicyclic) bond motifs is 3. The van der Waals surface area contributed by atoms with E-state index in [1.54, 1.807) is 0 Å². The molecule has 1 aromatic heterocycles. The molecule has 1 amide bonds. The van der Waals surface area contributed by atoms with Crippen LogP contribution in [0.5, 0.6) is 0 Å². The van der Waals surface area contributed by atoms with E-state index in [0.717, 1.165) is 18.9 Å². The zero-order valence-corrected chi connectivity index (χ0v) is 12.3. The molecule has 2 heterocycles. The van der Waals surface area contributed by atoms with Gasteiger partial charge in [0.05, 0.1) is 6.04 Å². The number of hydrogen-bond acceptors (Lipinski definition) is 2. The molecule has 1 aliphatic heterocycles. The first kappa shape index (κ1) is 12.0. The van der Waals surface area contributed by atoms with Crippen molar-refractivity contribution in [1.82, 2.24) is 4.90 Å². The molecule has 1 aromatic rings. The van der Waals surface area contributed by atoms with Gasteiger partial charge in [0.1, 0.15) is 0 Å². The van der Waals surface area contributed by atoms with Gasteiger partial charge in [-0.25, -0.2) is 0 Å². The highest BCUT2D eigenvalue weighted by Crippen LogP contribution is 2.49. The molecule has 2 nitrogen and oxygen atoms in total. The Kier molecular flexibility index (Phi) is 2.73. The molecule has 0 aromatic carbocycles. The molecular formula is C16H21NOS. The summed E-state index contributed by atoms with van der Waals surface area (Å²) in [4.78, 5) is 16.5. The third-order valence-corrected chi connectivity index (χ3v) is 6.61. The molecule has 4 unspecified atom stereocenters. The van der Waals surface area contributed by atoms with Crippen molar-refractivity contribution in [3.8, 4) is 0 Å². The predicted molar refractivity (Wildman–Crippen MR) is 77.1 cm³/mol. The van der Waals surface area contributed by atoms with E-state index < -0.39 is 0 Å². The van der Waals surface area contributed by atoms with E-state index in [0.29, 0.717) is 23.8 Å². The molecule has 4 atom stereocenters. The van der Waals surface area contributed by atoms with Gasteiger partial charge in [0.15, 0.2) is 0 Å². The summed E-state index contributed by atoms with van der Waals surface area (Å²) in [6.45, 7) is 3.14. The summed E-state index contributed by atoms with van der Waals surface area (Å²) in [7, 11) is 0. The summed E-state index contributed by atoms with van der Waals surface area (Å²) >= 11 is 1.85. The van der Waals surface area contributed by atoms with Crippen molar-refractivity contribution in [3.05, 3.63) is 21.9 Å². The molecule has 0 spiro atoms. The van der Waals surface area contributed by atoms with E-state index in [9.17, 15) is 4.79 Å². The van der Waals surface area contributed by atoms with Crippen LogP contribution in [0.3, 0.4) is 0 Å². The number of amides is 1. The standard InChI is InChI=1S/C16H21NOS/c1-10-13-5-7-19-15(13)4-6-17(10)16(18)14-9-11-2-3-12(14)8-11/h5,7,10-12,14H,2-4,6,8-9H2,1H3. The van der Waals surface area contributed by atoms with E-state index in [-0.39, 0.29) is 0 Å². The number of nitrogens with zero attached hydrogens (tertiary/aromatic N) is 1. The summed E-state index contributed by atoms with van der Waals surface area (Å²) < 4.78 is 0. The molecule has 3 aliphatic rings. The minimum atomic E-state index is 0.293. The van der Waals surface area contributed by atoms with Crippen LogP contribution < -0.4 is 0 Å². The van der Waals surface area contributed by atoms with Gasteiger partial charge in [-0.1, -0.05) is 6.42 Å². The fourth-order valence-electron chi connectivity index (χ4n) is 4.57. The third kappa shape index (κ3) is 1.78. The third-order valence-electron chi connectivity index (χ3n) is 5.62. The second-order valence-corrected chi connectivity index (χ2v) is 7.54. The zero-order valence-electron chi connectivity index (χ0n) is 11.5. The Bertz CT molecular complexity index is 509. The Morgan fingerprint density at radius 1 is 1.37 bits per heavy atom. The first-order chi connectivity index (χ1) is 9.24. The summed E-state index contributed by atoms with van der Waals surface area (Å²) in [6, 6.07) is 2.51. The maximum atomic E-state index is 12.9. The number of hydrogen-bond donors (Lipinski definition) is 0. The Hall–Kier alpha value is -0.830. The van der Waals surface area contributed by atoms with Gasteiger partial charge in [-0.3, -0.25) is 4.79 Å². The average Bonchev–Trinajstić information content (AvgIpc) is 3.14. The van der Waals surface area contributed by atoms with Crippen LogP contribution in [0.1, 0.15) is 49.1 Å². The number of carbonyl (C=O) groups is 1. The molecular weight excluding hydrogens is 254 g/mol. The van der Waals surface area contributed by atoms with Crippen LogP contribution in [0.2, 0.25) is 0 Å². The smallest absolute Gasteiger partial charge is 0.226 e. The lowest BCUT2D eigenvalue weighted by atomic mass is 9.86. The average molecular weight is 275 g/mol. The van der Waals surface area contributed by atoms with Gasteiger partial charge in [-0.15, -0.1) is 11.3 Å². The van der Waals surface area contributed by atoms with Crippen molar-refractivity contribution in [3.63, 3.8) is 0 Å². The Morgan fingerprint density at radius 3 is 3.00 bits per heavy atom. The maximum Gasteiger partial charge on any atom is 0.226 e. The molecule has 2 fully saturated rings. The number of rotatable bonds is 1. The lowest BCUT2D eigenvalue weighted by Crippen LogP contribution is -2.43. The maximum absolute atomic E-state index is 12.9. The topological polar surface area (TPSA) is 20.3 Å². The summed E-state index contributed by atoms with van der Waals surface area (Å²) in [5.74, 6) is 2.36. The highest BCUT2D eigenvalue weighted by Gasteiger charge is 2.45. The molecule has 0 radical (unpaired) electrons. The lowest BCUT2D eigenvalue weighted by molar-refractivity contribution is -0.139. The lowest BCUT2D eigenvalue weighted by Gasteiger charge is -2.37. The molecule has 19 heavy (non-hydrogen) atoms. The van der Waals surface area contributed by atoms with Crippen LogP contribution in [-0.2, 0) is 11.2 Å². The molecule has 2 aliphatic carbocycles. The van der Waals surface area contributed by atoms with Crippen molar-refractivity contribution >= 4 is 17.2 Å². The van der Waals surface area contributed by atoms with Crippen LogP contribution >= 0.6 is 11.3 Å². The largest absolute Gasteiger partial charge is 0.335 e. The van der Waals surface area contributed by atoms with E-state index in [1.807, 2.05) is 11.3 Å². The first-order valence-corrected chi connectivity index (χ1v) is 8.48. The van der Waals surface area contributed by atoms with Gasteiger partial charge in [-0.2, -0.15) is 0 Å². The quantitative estimate of drug-likeness (QED) is 0.766. The summed E-state index contributed by atoms with van der Waals surface area (Å²) in [5.41, 5.74) is 1.40. The fraction of sp³-hybridized carbons (Fsp3) is 0.688. The predicted octanol–water partition coefficient (Wildman–Crippen LogP) is 3.63. The highest BCUT2D eigenvalue weighted by molar-refractivity contribution is 7.10. The van der Waals surface area contributed by atoms with Crippen LogP contribution in [0.4, 0.5) is 0 Å². The molecule has 2 bridgehead atoms. The van der Waals surface area contributed by atoms with Gasteiger partial charge in [-0.05, 0) is 61.5 Å². The van der Waals surface area contributed by atoms with Crippen LogP contribution in [-0.4, -0.2) is 17.4 Å². The Labute approximate surface area is 118 Å². The van der Waals surface area contributed by atoms with Crippen molar-refractivity contribution < 1.29 is 4.79 Å². The first-order valence-electron chi connectivity index (χ1n) is 7.61. The molecule has 0 saturated heterocycles. The van der Waals surface area contributed by atoms with Crippen molar-refractivity contribution in [2.45, 2.75) is 45.1 Å². The molecule has 0 N–H and O–H groups in total. The normalized spacial score (nSPS) is 36.6. The summed E-state index contributed by atoms with van der Waals surface area (Å²) in [6.07, 6.45) is 6.22. The van der Waals surface area contributed by atoms with Crippen molar-refractivity contribution in [1.29, 1.82) is 0 Å². The minimum Gasteiger partial charge on any atom is -0.335 e. The van der Waals surface area contributed by atoms with E-state index >= 15 is 0 Å². The Morgan fingerprint density at radius 2 is 2.26 bits per heavy atom. The van der Waals surface area contributed by atoms with Crippen LogP contribution in [0.15, 0.2) is 11.4 Å². The number of carbonyl (C=O) groups excluding carboxylic acids is 1. The van der Waals surface area contributed by atoms with E-state index in [2.05, 4.69) is 23.3 Å². The molecule has 4 rings (SSSR count). The molecule has 3 heteroatoms. The molecule has 2 saturated carbocycles. The van der Waals surface area contributed by atoms with E-state index in [1.165, 1.54) is 36.1 Å². The fourth-order valence-corrected chi connectivity index (χ4v) is 5.53. The Balaban J connectivity index is 1.55. The van der Waals surface area contributed by atoms with Gasteiger partial charge in [0, 0.05) is 17.3 Å². The van der Waals surface area contributed by atoms with Crippen LogP contribution in [0, 0.1) is 17.8 Å². The second kappa shape index (κ2) is 4.34. The van der Waals surface area contributed by atoms with E-state index in [4.69, 9.17) is 0 Å². The van der Waals surface area contributed by atoms with Crippen molar-refractivity contribution in [2.75, 3.05) is 6.54 Å². The minimum absolute atomic E-state index is 0.293. The second-order valence-electron chi connectivity index (χ2n) is 6.54. The van der Waals surface area contributed by atoms with Gasteiger partial charge < -0.3 is 4.90 Å². The monoisotopic (exact) mass is 275 g/mol. The van der Waals surface area contributed by atoms with Gasteiger partial charge in [0.2, 0.25) is 5.91 Å².